The van der Waals surface area contributed by atoms with Gasteiger partial charge < -0.3 is 15.2 Å². The van der Waals surface area contributed by atoms with E-state index in [4.69, 9.17) is 15.2 Å². The average Bonchev–Trinajstić information content (AvgIpc) is 2.99. The molecule has 1 saturated heterocycles. The molecule has 21 heavy (non-hydrogen) atoms. The molecule has 9 heteroatoms. The Morgan fingerprint density at radius 1 is 1.62 bits per heavy atom. The van der Waals surface area contributed by atoms with Gasteiger partial charge in [-0.2, -0.15) is 4.98 Å². The fourth-order valence-corrected chi connectivity index (χ4v) is 3.14. The minimum atomic E-state index is -0.416. The van der Waals surface area contributed by atoms with E-state index < -0.39 is 6.23 Å². The highest BCUT2D eigenvalue weighted by Gasteiger charge is 2.30. The van der Waals surface area contributed by atoms with E-state index in [9.17, 15) is 9.59 Å². The molecular weight excluding hydrogens is 296 g/mol. The first-order valence-electron chi connectivity index (χ1n) is 6.47. The van der Waals surface area contributed by atoms with E-state index in [-0.39, 0.29) is 29.5 Å². The number of hydrogen-bond acceptors (Lipinski definition) is 8. The monoisotopic (exact) mass is 310 g/mol. The fraction of sp³-hybridized carbons (Fsp3) is 0.500. The van der Waals surface area contributed by atoms with Gasteiger partial charge in [-0.3, -0.25) is 14.2 Å². The topological polar surface area (TPSA) is 109 Å². The van der Waals surface area contributed by atoms with Crippen LogP contribution in [-0.2, 0) is 14.3 Å². The molecule has 0 amide bonds. The van der Waals surface area contributed by atoms with Crippen LogP contribution in [0.25, 0.3) is 10.3 Å². The molecule has 0 aromatic carbocycles. The van der Waals surface area contributed by atoms with Crippen LogP contribution in [-0.4, -0.2) is 33.2 Å². The molecule has 1 fully saturated rings. The van der Waals surface area contributed by atoms with Crippen LogP contribution in [0.3, 0.4) is 0 Å². The van der Waals surface area contributed by atoms with Crippen LogP contribution in [0, 0.1) is 0 Å². The number of thiazole rings is 1. The fourth-order valence-electron chi connectivity index (χ4n) is 2.31. The molecule has 3 heterocycles. The van der Waals surface area contributed by atoms with Gasteiger partial charge in [0, 0.05) is 6.92 Å². The Labute approximate surface area is 123 Å². The van der Waals surface area contributed by atoms with E-state index in [0.29, 0.717) is 23.2 Å². The lowest BCUT2D eigenvalue weighted by Gasteiger charge is -2.14. The van der Waals surface area contributed by atoms with Crippen LogP contribution in [0.2, 0.25) is 0 Å². The van der Waals surface area contributed by atoms with Crippen LogP contribution in [0.4, 0.5) is 5.95 Å². The molecule has 1 unspecified atom stereocenters. The maximum absolute atomic E-state index is 12.1. The van der Waals surface area contributed by atoms with Gasteiger partial charge in [0.25, 0.3) is 0 Å². The molecule has 8 nitrogen and oxygen atoms in total. The highest BCUT2D eigenvalue weighted by Crippen LogP contribution is 2.30. The van der Waals surface area contributed by atoms with E-state index in [1.165, 1.54) is 17.7 Å². The smallest absolute Gasteiger partial charge is 0.311 e. The van der Waals surface area contributed by atoms with Crippen molar-refractivity contribution in [2.45, 2.75) is 32.1 Å². The van der Waals surface area contributed by atoms with Crippen molar-refractivity contribution in [3.8, 4) is 0 Å². The predicted octanol–water partition coefficient (Wildman–Crippen LogP) is 0.676. The SMILES string of the molecule is CC(=O)OC[C@@H]1CCC(n2c(=O)sc3cnc(N)nc32)O1. The van der Waals surface area contributed by atoms with Crippen molar-refractivity contribution < 1.29 is 14.3 Å². The Morgan fingerprint density at radius 3 is 3.19 bits per heavy atom. The second-order valence-electron chi connectivity index (χ2n) is 4.75. The number of ether oxygens (including phenoxy) is 2. The number of nitrogens with two attached hydrogens (primary N) is 1. The molecule has 3 rings (SSSR count). The van der Waals surface area contributed by atoms with Crippen LogP contribution in [0.15, 0.2) is 11.0 Å². The summed E-state index contributed by atoms with van der Waals surface area (Å²) in [6, 6.07) is 0. The van der Waals surface area contributed by atoms with Gasteiger partial charge in [0.05, 0.1) is 17.0 Å². The largest absolute Gasteiger partial charge is 0.463 e. The van der Waals surface area contributed by atoms with Gasteiger partial charge in [0.15, 0.2) is 5.65 Å². The molecule has 112 valence electrons. The van der Waals surface area contributed by atoms with Gasteiger partial charge in [-0.15, -0.1) is 0 Å². The normalized spacial score (nSPS) is 21.8. The number of hydrogen-bond donors (Lipinski definition) is 1. The number of rotatable bonds is 3. The molecule has 0 spiro atoms. The molecule has 2 N–H and O–H groups in total. The van der Waals surface area contributed by atoms with Gasteiger partial charge in [-0.25, -0.2) is 4.98 Å². The Balaban J connectivity index is 1.85. The van der Waals surface area contributed by atoms with Gasteiger partial charge in [0.2, 0.25) is 5.95 Å². The number of carbonyl (C=O) groups excluding carboxylic acids is 1. The number of aromatic nitrogens is 3. The molecule has 2 aromatic heterocycles. The quantitative estimate of drug-likeness (QED) is 0.830. The van der Waals surface area contributed by atoms with Crippen molar-refractivity contribution in [1.82, 2.24) is 14.5 Å². The first-order valence-corrected chi connectivity index (χ1v) is 7.28. The summed E-state index contributed by atoms with van der Waals surface area (Å²) < 4.78 is 12.9. The Kier molecular flexibility index (Phi) is 3.60. The lowest BCUT2D eigenvalue weighted by Crippen LogP contribution is -2.22. The highest BCUT2D eigenvalue weighted by atomic mass is 32.1. The van der Waals surface area contributed by atoms with Crippen LogP contribution < -0.4 is 10.6 Å². The second kappa shape index (κ2) is 5.41. The van der Waals surface area contributed by atoms with E-state index in [1.807, 2.05) is 0 Å². The number of nitrogen functional groups attached to an aromatic ring is 1. The molecule has 2 atom stereocenters. The van der Waals surface area contributed by atoms with Crippen molar-refractivity contribution in [3.63, 3.8) is 0 Å². The number of carbonyl (C=O) groups is 1. The lowest BCUT2D eigenvalue weighted by molar-refractivity contribution is -0.145. The van der Waals surface area contributed by atoms with Crippen LogP contribution in [0.5, 0.6) is 0 Å². The first-order chi connectivity index (χ1) is 10.0. The summed E-state index contributed by atoms with van der Waals surface area (Å²) in [4.78, 5) is 30.8. The molecule has 0 bridgehead atoms. The van der Waals surface area contributed by atoms with E-state index in [0.717, 1.165) is 11.3 Å². The Hall–Kier alpha value is -2.00. The lowest BCUT2D eigenvalue weighted by atomic mass is 10.2. The van der Waals surface area contributed by atoms with Gasteiger partial charge in [0.1, 0.15) is 12.8 Å². The summed E-state index contributed by atoms with van der Waals surface area (Å²) in [5.74, 6) is -0.232. The highest BCUT2D eigenvalue weighted by molar-refractivity contribution is 7.16. The summed E-state index contributed by atoms with van der Waals surface area (Å²) in [5.41, 5.74) is 6.06. The Bertz CT molecular complexity index is 740. The third kappa shape index (κ3) is 2.74. The van der Waals surface area contributed by atoms with Crippen molar-refractivity contribution in [3.05, 3.63) is 15.9 Å². The molecule has 2 aromatic rings. The zero-order valence-electron chi connectivity index (χ0n) is 11.3. The Morgan fingerprint density at radius 2 is 2.43 bits per heavy atom. The first kappa shape index (κ1) is 14.0. The van der Waals surface area contributed by atoms with Crippen molar-refractivity contribution >= 4 is 33.6 Å². The minimum absolute atomic E-state index is 0.114. The van der Waals surface area contributed by atoms with Gasteiger partial charge in [-0.05, 0) is 12.8 Å². The standard InChI is InChI=1S/C12H14N4O4S/c1-6(17)19-5-7-2-3-9(20-7)16-10-8(21-12(16)18)4-14-11(13)15-10/h4,7,9H,2-3,5H2,1H3,(H2,13,14,15)/t7-,9?/m0/s1. The molecular formula is C12H14N4O4S. The van der Waals surface area contributed by atoms with E-state index in [2.05, 4.69) is 9.97 Å². The number of esters is 1. The maximum atomic E-state index is 12.1. The second-order valence-corrected chi connectivity index (χ2v) is 5.74. The summed E-state index contributed by atoms with van der Waals surface area (Å²) in [5, 5.41) is 0. The third-order valence-corrected chi connectivity index (χ3v) is 4.10. The van der Waals surface area contributed by atoms with Crippen LogP contribution in [0.1, 0.15) is 26.0 Å². The summed E-state index contributed by atoms with van der Waals surface area (Å²) in [7, 11) is 0. The third-order valence-electron chi connectivity index (χ3n) is 3.22. The maximum Gasteiger partial charge on any atom is 0.311 e. The zero-order valence-corrected chi connectivity index (χ0v) is 12.1. The number of nitrogens with zero attached hydrogens (tertiary/aromatic N) is 3. The molecule has 0 aliphatic carbocycles. The molecule has 0 saturated carbocycles. The van der Waals surface area contributed by atoms with E-state index >= 15 is 0 Å². The van der Waals surface area contributed by atoms with E-state index in [1.54, 1.807) is 0 Å². The van der Waals surface area contributed by atoms with Crippen molar-refractivity contribution in [2.24, 2.45) is 0 Å². The van der Waals surface area contributed by atoms with Gasteiger partial charge in [-0.1, -0.05) is 11.3 Å². The van der Waals surface area contributed by atoms with Crippen LogP contribution >= 0.6 is 11.3 Å². The number of anilines is 1. The summed E-state index contributed by atoms with van der Waals surface area (Å²) in [6.45, 7) is 1.54. The average molecular weight is 310 g/mol. The zero-order chi connectivity index (χ0) is 15.0. The number of fused-ring (bicyclic) bond motifs is 1. The summed E-state index contributed by atoms with van der Waals surface area (Å²) in [6.07, 6.45) is 2.27. The minimum Gasteiger partial charge on any atom is -0.463 e. The molecule has 1 aliphatic heterocycles. The predicted molar refractivity (Wildman–Crippen MR) is 75.9 cm³/mol. The summed E-state index contributed by atoms with van der Waals surface area (Å²) >= 11 is 1.06. The molecule has 1 aliphatic rings. The van der Waals surface area contributed by atoms with Crippen molar-refractivity contribution in [1.29, 1.82) is 0 Å². The van der Waals surface area contributed by atoms with Crippen molar-refractivity contribution in [2.75, 3.05) is 12.3 Å². The van der Waals surface area contributed by atoms with Gasteiger partial charge >= 0.3 is 10.8 Å². The molecule has 0 radical (unpaired) electrons.